The number of hydrogen-bond acceptors (Lipinski definition) is 6. The first-order valence-corrected chi connectivity index (χ1v) is 11.2. The van der Waals surface area contributed by atoms with Gasteiger partial charge in [-0.15, -0.1) is 0 Å². The zero-order chi connectivity index (χ0) is 21.5. The monoisotopic (exact) mass is 418 g/mol. The molecule has 8 nitrogen and oxygen atoms in total. The summed E-state index contributed by atoms with van der Waals surface area (Å²) in [5.41, 5.74) is -0.0827. The first-order chi connectivity index (χ1) is 14.2. The predicted molar refractivity (Wildman–Crippen MR) is 111 cm³/mol. The molecule has 2 saturated heterocycles. The molecule has 1 N–H and O–H groups in total. The minimum Gasteiger partial charge on any atom is -0.444 e. The Hall–Kier alpha value is -2.09. The quantitative estimate of drug-likeness (QED) is 0.809. The number of hydrogen-bond donors (Lipinski definition) is 1. The number of amides is 2. The van der Waals surface area contributed by atoms with Crippen LogP contribution in [0.25, 0.3) is 0 Å². The van der Waals surface area contributed by atoms with E-state index in [-0.39, 0.29) is 18.0 Å². The number of rotatable bonds is 4. The van der Waals surface area contributed by atoms with Crippen molar-refractivity contribution in [3.05, 3.63) is 17.5 Å². The zero-order valence-electron chi connectivity index (χ0n) is 18.5. The summed E-state index contributed by atoms with van der Waals surface area (Å²) in [6.07, 6.45) is 3.88. The number of piperidine rings is 1. The molecular weight excluding hydrogens is 384 g/mol. The molecule has 8 heteroatoms. The fourth-order valence-electron chi connectivity index (χ4n) is 4.43. The normalized spacial score (nSPS) is 26.1. The average molecular weight is 419 g/mol. The molecular formula is C22H34N4O4. The number of ether oxygens (including phenoxy) is 1. The molecule has 0 unspecified atom stereocenters. The van der Waals surface area contributed by atoms with E-state index in [0.29, 0.717) is 36.7 Å². The Balaban J connectivity index is 1.26. The van der Waals surface area contributed by atoms with Gasteiger partial charge in [0.05, 0.1) is 0 Å². The van der Waals surface area contributed by atoms with Crippen LogP contribution in [0.4, 0.5) is 4.79 Å². The van der Waals surface area contributed by atoms with Crippen molar-refractivity contribution in [3.8, 4) is 0 Å². The summed E-state index contributed by atoms with van der Waals surface area (Å²) in [6.45, 7) is 11.1. The first kappa shape index (κ1) is 21.2. The summed E-state index contributed by atoms with van der Waals surface area (Å²) in [6, 6.07) is 2.32. The van der Waals surface area contributed by atoms with Crippen molar-refractivity contribution < 1.29 is 18.8 Å². The van der Waals surface area contributed by atoms with Crippen molar-refractivity contribution in [1.29, 1.82) is 0 Å². The van der Waals surface area contributed by atoms with E-state index in [0.717, 1.165) is 44.5 Å². The van der Waals surface area contributed by atoms with Crippen LogP contribution in [0.5, 0.6) is 0 Å². The minimum atomic E-state index is -0.465. The van der Waals surface area contributed by atoms with E-state index in [2.05, 4.69) is 22.3 Å². The van der Waals surface area contributed by atoms with Gasteiger partial charge in [-0.1, -0.05) is 12.1 Å². The molecule has 2 atom stereocenters. The van der Waals surface area contributed by atoms with Crippen molar-refractivity contribution in [1.82, 2.24) is 20.3 Å². The molecule has 1 saturated carbocycles. The topological polar surface area (TPSA) is 87.9 Å². The molecule has 2 aliphatic heterocycles. The molecule has 1 aliphatic carbocycles. The van der Waals surface area contributed by atoms with Crippen LogP contribution in [0.15, 0.2) is 10.6 Å². The second-order valence-electron chi connectivity index (χ2n) is 10.1. The SMILES string of the molecule is C[C@@H]1CN(C2CCN(C(=O)OC(C)(C)C)CC2)C[C@@H]1NC(=O)c1cc(C2CC2)on1. The van der Waals surface area contributed by atoms with Gasteiger partial charge in [-0.2, -0.15) is 0 Å². The van der Waals surface area contributed by atoms with Crippen LogP contribution in [0.1, 0.15) is 75.5 Å². The van der Waals surface area contributed by atoms with Crippen LogP contribution in [0.3, 0.4) is 0 Å². The minimum absolute atomic E-state index is 0.0995. The Morgan fingerprint density at radius 1 is 1.17 bits per heavy atom. The highest BCUT2D eigenvalue weighted by molar-refractivity contribution is 5.92. The summed E-state index contributed by atoms with van der Waals surface area (Å²) in [5.74, 6) is 1.50. The summed E-state index contributed by atoms with van der Waals surface area (Å²) < 4.78 is 10.8. The van der Waals surface area contributed by atoms with Crippen LogP contribution >= 0.6 is 0 Å². The lowest BCUT2D eigenvalue weighted by atomic mass is 10.0. The number of aromatic nitrogens is 1. The van der Waals surface area contributed by atoms with Gasteiger partial charge in [-0.25, -0.2) is 4.79 Å². The Kier molecular flexibility index (Phi) is 5.79. The van der Waals surface area contributed by atoms with Gasteiger partial charge in [0.1, 0.15) is 11.4 Å². The molecule has 3 heterocycles. The van der Waals surface area contributed by atoms with E-state index < -0.39 is 5.60 Å². The van der Waals surface area contributed by atoms with Crippen molar-refractivity contribution in [3.63, 3.8) is 0 Å². The Bertz CT molecular complexity index is 774. The summed E-state index contributed by atoms with van der Waals surface area (Å²) >= 11 is 0. The zero-order valence-corrected chi connectivity index (χ0v) is 18.5. The molecule has 3 fully saturated rings. The van der Waals surface area contributed by atoms with Gasteiger partial charge in [0, 0.05) is 50.2 Å². The van der Waals surface area contributed by atoms with Gasteiger partial charge < -0.3 is 19.5 Å². The van der Waals surface area contributed by atoms with E-state index in [1.165, 1.54) is 0 Å². The van der Waals surface area contributed by atoms with Crippen molar-refractivity contribution in [2.24, 2.45) is 5.92 Å². The maximum Gasteiger partial charge on any atom is 0.410 e. The second-order valence-corrected chi connectivity index (χ2v) is 10.1. The fourth-order valence-corrected chi connectivity index (χ4v) is 4.43. The number of carbonyl (C=O) groups is 2. The third kappa shape index (κ3) is 4.96. The molecule has 2 amide bonds. The highest BCUT2D eigenvalue weighted by Gasteiger charge is 2.37. The lowest BCUT2D eigenvalue weighted by Crippen LogP contribution is -2.48. The van der Waals surface area contributed by atoms with E-state index in [4.69, 9.17) is 9.26 Å². The maximum absolute atomic E-state index is 12.6. The fraction of sp³-hybridized carbons (Fsp3) is 0.773. The predicted octanol–water partition coefficient (Wildman–Crippen LogP) is 3.00. The van der Waals surface area contributed by atoms with E-state index >= 15 is 0 Å². The highest BCUT2D eigenvalue weighted by atomic mass is 16.6. The molecule has 0 spiro atoms. The molecule has 0 bridgehead atoms. The van der Waals surface area contributed by atoms with Crippen LogP contribution in [0.2, 0.25) is 0 Å². The van der Waals surface area contributed by atoms with E-state index in [9.17, 15) is 9.59 Å². The Morgan fingerprint density at radius 3 is 2.50 bits per heavy atom. The molecule has 30 heavy (non-hydrogen) atoms. The van der Waals surface area contributed by atoms with Crippen molar-refractivity contribution in [2.45, 2.75) is 77.0 Å². The van der Waals surface area contributed by atoms with Gasteiger partial charge in [0.25, 0.3) is 5.91 Å². The second kappa shape index (κ2) is 8.21. The molecule has 3 aliphatic rings. The molecule has 4 rings (SSSR count). The van der Waals surface area contributed by atoms with Gasteiger partial charge in [-0.05, 0) is 52.4 Å². The molecule has 1 aromatic heterocycles. The van der Waals surface area contributed by atoms with Gasteiger partial charge in [0.2, 0.25) is 0 Å². The summed E-state index contributed by atoms with van der Waals surface area (Å²) in [4.78, 5) is 29.2. The van der Waals surface area contributed by atoms with Crippen LogP contribution in [0, 0.1) is 5.92 Å². The van der Waals surface area contributed by atoms with E-state index in [1.54, 1.807) is 6.07 Å². The third-order valence-electron chi connectivity index (χ3n) is 6.33. The van der Waals surface area contributed by atoms with Gasteiger partial charge in [-0.3, -0.25) is 9.69 Å². The average Bonchev–Trinajstić information content (AvgIpc) is 3.30. The smallest absolute Gasteiger partial charge is 0.410 e. The Morgan fingerprint density at radius 2 is 1.87 bits per heavy atom. The summed E-state index contributed by atoms with van der Waals surface area (Å²) in [5, 5.41) is 7.11. The van der Waals surface area contributed by atoms with Crippen LogP contribution in [-0.4, -0.2) is 70.8 Å². The van der Waals surface area contributed by atoms with E-state index in [1.807, 2.05) is 25.7 Å². The highest BCUT2D eigenvalue weighted by Crippen LogP contribution is 2.40. The first-order valence-electron chi connectivity index (χ1n) is 11.2. The lowest BCUT2D eigenvalue weighted by Gasteiger charge is -2.37. The third-order valence-corrected chi connectivity index (χ3v) is 6.33. The number of nitrogens with zero attached hydrogens (tertiary/aromatic N) is 3. The molecule has 0 radical (unpaired) electrons. The number of nitrogens with one attached hydrogen (secondary N) is 1. The molecule has 0 aromatic carbocycles. The van der Waals surface area contributed by atoms with Crippen molar-refractivity contribution in [2.75, 3.05) is 26.2 Å². The van der Waals surface area contributed by atoms with Crippen LogP contribution in [-0.2, 0) is 4.74 Å². The summed E-state index contributed by atoms with van der Waals surface area (Å²) in [7, 11) is 0. The van der Waals surface area contributed by atoms with Crippen molar-refractivity contribution >= 4 is 12.0 Å². The van der Waals surface area contributed by atoms with Gasteiger partial charge >= 0.3 is 6.09 Å². The Labute approximate surface area is 178 Å². The van der Waals surface area contributed by atoms with Crippen LogP contribution < -0.4 is 5.32 Å². The molecule has 166 valence electrons. The van der Waals surface area contributed by atoms with Gasteiger partial charge in [0.15, 0.2) is 5.69 Å². The maximum atomic E-state index is 12.6. The number of carbonyl (C=O) groups excluding carboxylic acids is 2. The lowest BCUT2D eigenvalue weighted by molar-refractivity contribution is 0.0153. The standard InChI is InChI=1S/C22H34N4O4/c1-14-12-26(16-7-9-25(10-8-16)21(28)29-22(2,3)4)13-18(14)23-20(27)17-11-19(30-24-17)15-5-6-15/h11,14-16,18H,5-10,12-13H2,1-4H3,(H,23,27)/t14-,18+/m1/s1. The molecule has 1 aromatic rings. The largest absolute Gasteiger partial charge is 0.444 e. The number of likely N-dealkylation sites (tertiary alicyclic amines) is 2.